The van der Waals surface area contributed by atoms with Gasteiger partial charge in [0, 0.05) is 19.2 Å². The molecule has 0 spiro atoms. The van der Waals surface area contributed by atoms with Crippen LogP contribution in [0.1, 0.15) is 27.3 Å². The van der Waals surface area contributed by atoms with Crippen molar-refractivity contribution in [1.82, 2.24) is 9.78 Å². The predicted molar refractivity (Wildman–Crippen MR) is 75.0 cm³/mol. The predicted octanol–water partition coefficient (Wildman–Crippen LogP) is 1.75. The van der Waals surface area contributed by atoms with Crippen molar-refractivity contribution in [3.05, 3.63) is 46.8 Å². The van der Waals surface area contributed by atoms with Crippen molar-refractivity contribution in [3.8, 4) is 0 Å². The third-order valence-corrected chi connectivity index (χ3v) is 3.19. The molecule has 0 bridgehead atoms. The number of benzene rings is 1. The van der Waals surface area contributed by atoms with Gasteiger partial charge in [0.1, 0.15) is 0 Å². The van der Waals surface area contributed by atoms with Crippen LogP contribution in [0.25, 0.3) is 0 Å². The van der Waals surface area contributed by atoms with E-state index < -0.39 is 5.91 Å². The standard InChI is InChI=1S/C14H18N4O/c1-9-13(10(2)18(3)17-9)16-8-11-5-4-6-12(7-11)14(15)19/h4-7,16H,8H2,1-3H3,(H2,15,19). The van der Waals surface area contributed by atoms with Crippen LogP contribution in [0, 0.1) is 13.8 Å². The molecule has 0 aliphatic heterocycles. The second-order valence-corrected chi connectivity index (χ2v) is 4.59. The van der Waals surface area contributed by atoms with Gasteiger partial charge < -0.3 is 11.1 Å². The Morgan fingerprint density at radius 1 is 1.42 bits per heavy atom. The molecule has 1 heterocycles. The lowest BCUT2D eigenvalue weighted by Crippen LogP contribution is -2.11. The van der Waals surface area contributed by atoms with Gasteiger partial charge in [-0.05, 0) is 31.5 Å². The fourth-order valence-electron chi connectivity index (χ4n) is 2.05. The molecule has 1 aromatic heterocycles. The minimum absolute atomic E-state index is 0.407. The van der Waals surface area contributed by atoms with Crippen molar-refractivity contribution >= 4 is 11.6 Å². The maximum Gasteiger partial charge on any atom is 0.248 e. The highest BCUT2D eigenvalue weighted by Gasteiger charge is 2.09. The number of aryl methyl sites for hydroxylation is 2. The number of nitrogens with two attached hydrogens (primary N) is 1. The van der Waals surface area contributed by atoms with E-state index in [1.807, 2.05) is 37.7 Å². The number of hydrogen-bond donors (Lipinski definition) is 2. The van der Waals surface area contributed by atoms with Crippen molar-refractivity contribution < 1.29 is 4.79 Å². The van der Waals surface area contributed by atoms with Gasteiger partial charge in [-0.3, -0.25) is 9.48 Å². The Morgan fingerprint density at radius 3 is 2.74 bits per heavy atom. The van der Waals surface area contributed by atoms with Crippen LogP contribution in [0.2, 0.25) is 0 Å². The molecule has 1 amide bonds. The third kappa shape index (κ3) is 2.76. The molecule has 19 heavy (non-hydrogen) atoms. The first-order valence-electron chi connectivity index (χ1n) is 6.12. The number of rotatable bonds is 4. The van der Waals surface area contributed by atoms with E-state index in [9.17, 15) is 4.79 Å². The zero-order chi connectivity index (χ0) is 14.0. The molecular formula is C14H18N4O. The molecule has 0 saturated carbocycles. The Bertz CT molecular complexity index is 616. The molecule has 100 valence electrons. The molecule has 1 aromatic carbocycles. The molecule has 5 nitrogen and oxygen atoms in total. The molecule has 0 aliphatic carbocycles. The van der Waals surface area contributed by atoms with E-state index in [0.29, 0.717) is 12.1 Å². The Kier molecular flexibility index (Phi) is 3.55. The van der Waals surface area contributed by atoms with Gasteiger partial charge >= 0.3 is 0 Å². The molecular weight excluding hydrogens is 240 g/mol. The van der Waals surface area contributed by atoms with Gasteiger partial charge in [0.05, 0.1) is 17.1 Å². The minimum atomic E-state index is -0.407. The first-order valence-corrected chi connectivity index (χ1v) is 6.12. The number of carbonyl (C=O) groups excluding carboxylic acids is 1. The smallest absolute Gasteiger partial charge is 0.248 e. The van der Waals surface area contributed by atoms with Crippen LogP contribution in [-0.4, -0.2) is 15.7 Å². The van der Waals surface area contributed by atoms with Crippen LogP contribution in [0.15, 0.2) is 24.3 Å². The Hall–Kier alpha value is -2.30. The molecule has 0 atom stereocenters. The van der Waals surface area contributed by atoms with E-state index in [1.54, 1.807) is 12.1 Å². The van der Waals surface area contributed by atoms with Crippen molar-refractivity contribution in [2.75, 3.05) is 5.32 Å². The average Bonchev–Trinajstić information content (AvgIpc) is 2.61. The first kappa shape index (κ1) is 13.1. The summed E-state index contributed by atoms with van der Waals surface area (Å²) in [7, 11) is 1.92. The molecule has 0 fully saturated rings. The van der Waals surface area contributed by atoms with Gasteiger partial charge in [0.15, 0.2) is 0 Å². The van der Waals surface area contributed by atoms with E-state index in [-0.39, 0.29) is 0 Å². The minimum Gasteiger partial charge on any atom is -0.378 e. The maximum atomic E-state index is 11.1. The quantitative estimate of drug-likeness (QED) is 0.877. The van der Waals surface area contributed by atoms with Crippen LogP contribution < -0.4 is 11.1 Å². The number of aromatic nitrogens is 2. The summed E-state index contributed by atoms with van der Waals surface area (Å²) in [5, 5.41) is 7.70. The Balaban J connectivity index is 2.14. The zero-order valence-electron chi connectivity index (χ0n) is 11.4. The van der Waals surface area contributed by atoms with Gasteiger partial charge in [-0.15, -0.1) is 0 Å². The summed E-state index contributed by atoms with van der Waals surface area (Å²) in [5.41, 5.74) is 9.89. The van der Waals surface area contributed by atoms with Crippen molar-refractivity contribution in [1.29, 1.82) is 0 Å². The molecule has 0 aliphatic rings. The lowest BCUT2D eigenvalue weighted by Gasteiger charge is -2.08. The molecule has 2 aromatic rings. The number of carbonyl (C=O) groups is 1. The largest absolute Gasteiger partial charge is 0.378 e. The SMILES string of the molecule is Cc1nn(C)c(C)c1NCc1cccc(C(N)=O)c1. The highest BCUT2D eigenvalue weighted by molar-refractivity contribution is 5.92. The first-order chi connectivity index (χ1) is 8.99. The van der Waals surface area contributed by atoms with E-state index in [1.165, 1.54) is 0 Å². The molecule has 0 radical (unpaired) electrons. The molecule has 3 N–H and O–H groups in total. The summed E-state index contributed by atoms with van der Waals surface area (Å²) in [4.78, 5) is 11.1. The fourth-order valence-corrected chi connectivity index (χ4v) is 2.05. The van der Waals surface area contributed by atoms with Gasteiger partial charge in [0.2, 0.25) is 5.91 Å². The van der Waals surface area contributed by atoms with Gasteiger partial charge in [-0.1, -0.05) is 12.1 Å². The summed E-state index contributed by atoms with van der Waals surface area (Å²) in [6.07, 6.45) is 0. The topological polar surface area (TPSA) is 72.9 Å². The Labute approximate surface area is 112 Å². The van der Waals surface area contributed by atoms with Crippen molar-refractivity contribution in [2.45, 2.75) is 20.4 Å². The number of nitrogens with zero attached hydrogens (tertiary/aromatic N) is 2. The van der Waals surface area contributed by atoms with Crippen LogP contribution in [0.5, 0.6) is 0 Å². The van der Waals surface area contributed by atoms with Crippen molar-refractivity contribution in [3.63, 3.8) is 0 Å². The molecule has 0 unspecified atom stereocenters. The summed E-state index contributed by atoms with van der Waals surface area (Å²) >= 11 is 0. The lowest BCUT2D eigenvalue weighted by atomic mass is 10.1. The molecule has 0 saturated heterocycles. The van der Waals surface area contributed by atoms with Gasteiger partial charge in [-0.2, -0.15) is 5.10 Å². The summed E-state index contributed by atoms with van der Waals surface area (Å²) in [6.45, 7) is 4.62. The second kappa shape index (κ2) is 5.14. The van der Waals surface area contributed by atoms with Crippen LogP contribution in [-0.2, 0) is 13.6 Å². The highest BCUT2D eigenvalue weighted by Crippen LogP contribution is 2.19. The second-order valence-electron chi connectivity index (χ2n) is 4.59. The zero-order valence-corrected chi connectivity index (χ0v) is 11.4. The number of amides is 1. The van der Waals surface area contributed by atoms with E-state index in [2.05, 4.69) is 10.4 Å². The maximum absolute atomic E-state index is 11.1. The number of nitrogens with one attached hydrogen (secondary N) is 1. The summed E-state index contributed by atoms with van der Waals surface area (Å²) in [6, 6.07) is 7.31. The van der Waals surface area contributed by atoms with E-state index in [4.69, 9.17) is 5.73 Å². The van der Waals surface area contributed by atoms with Gasteiger partial charge in [0.25, 0.3) is 0 Å². The average molecular weight is 258 g/mol. The molecule has 2 rings (SSSR count). The van der Waals surface area contributed by atoms with Gasteiger partial charge in [-0.25, -0.2) is 0 Å². The highest BCUT2D eigenvalue weighted by atomic mass is 16.1. The van der Waals surface area contributed by atoms with E-state index >= 15 is 0 Å². The monoisotopic (exact) mass is 258 g/mol. The lowest BCUT2D eigenvalue weighted by molar-refractivity contribution is 0.1000. The third-order valence-electron chi connectivity index (χ3n) is 3.19. The van der Waals surface area contributed by atoms with Crippen LogP contribution >= 0.6 is 0 Å². The summed E-state index contributed by atoms with van der Waals surface area (Å²) in [5.74, 6) is -0.407. The summed E-state index contributed by atoms with van der Waals surface area (Å²) < 4.78 is 1.84. The normalized spacial score (nSPS) is 10.5. The number of primary amides is 1. The van der Waals surface area contributed by atoms with Crippen LogP contribution in [0.4, 0.5) is 5.69 Å². The number of hydrogen-bond acceptors (Lipinski definition) is 3. The molecule has 5 heteroatoms. The van der Waals surface area contributed by atoms with E-state index in [0.717, 1.165) is 22.6 Å². The fraction of sp³-hybridized carbons (Fsp3) is 0.286. The van der Waals surface area contributed by atoms with Crippen LogP contribution in [0.3, 0.4) is 0 Å². The Morgan fingerprint density at radius 2 is 2.16 bits per heavy atom. The van der Waals surface area contributed by atoms with Crippen molar-refractivity contribution in [2.24, 2.45) is 12.8 Å². The number of anilines is 1.